The van der Waals surface area contributed by atoms with Gasteiger partial charge in [-0.3, -0.25) is 0 Å². The Hall–Kier alpha value is -5.12. The van der Waals surface area contributed by atoms with Crippen molar-refractivity contribution in [2.75, 3.05) is 6.66 Å². The molecule has 0 heterocycles. The smallest absolute Gasteiger partial charge is 0.339 e. The van der Waals surface area contributed by atoms with Crippen LogP contribution in [0.4, 0.5) is 0 Å². The molecule has 0 saturated heterocycles. The minimum atomic E-state index is -1.00. The average molecular weight is 622 g/mol. The highest BCUT2D eigenvalue weighted by Gasteiger charge is 2.17. The van der Waals surface area contributed by atoms with E-state index in [4.69, 9.17) is 29.2 Å². The number of benzene rings is 2. The molecule has 0 radical (unpaired) electrons. The zero-order chi connectivity index (χ0) is 33.1. The zero-order valence-electron chi connectivity index (χ0n) is 24.9. The topological polar surface area (TPSA) is 158 Å². The normalized spacial score (nSPS) is 11.6. The highest BCUT2D eigenvalue weighted by molar-refractivity contribution is 7.57. The lowest BCUT2D eigenvalue weighted by Crippen LogP contribution is -2.13. The Kier molecular flexibility index (Phi) is 12.7. The number of carbonyl (C=O) groups is 5. The van der Waals surface area contributed by atoms with Crippen molar-refractivity contribution in [3.05, 3.63) is 95.9 Å². The standard InChI is InChI=1S/C32H32NO10P/c1-18(2)29(35)40-24-14-23(15-25(16-24)41-32(38)21(7)17-44(8)33)39-28(34)12-10-22-9-11-26(42-30(36)19(3)4)27(13-22)43-31(37)20(5)6/h9-17H,1,3,5,33H2,2,4,6-8H3/b12-10+,21-17+. The van der Waals surface area contributed by atoms with Crippen LogP contribution in [-0.4, -0.2) is 36.5 Å². The van der Waals surface area contributed by atoms with Gasteiger partial charge in [0, 0.05) is 46.6 Å². The molecule has 0 saturated carbocycles. The van der Waals surface area contributed by atoms with Gasteiger partial charge in [0.2, 0.25) is 0 Å². The maximum absolute atomic E-state index is 12.7. The lowest BCUT2D eigenvalue weighted by atomic mass is 10.2. The van der Waals surface area contributed by atoms with Crippen LogP contribution in [-0.2, 0) is 24.0 Å². The van der Waals surface area contributed by atoms with E-state index in [0.717, 1.165) is 6.08 Å². The van der Waals surface area contributed by atoms with Gasteiger partial charge in [0.05, 0.1) is 0 Å². The van der Waals surface area contributed by atoms with Gasteiger partial charge in [-0.1, -0.05) is 25.8 Å². The summed E-state index contributed by atoms with van der Waals surface area (Å²) >= 11 is 0. The number of ether oxygens (including phenoxy) is 5. The SMILES string of the molecule is C=C(C)C(=O)Oc1cc(OC(=O)/C=C/c2ccc(OC(=O)C(=C)C)c(OC(=O)C(=C)C)c2)cc(OC(=O)/C(C)=C/P(C)N)c1. The minimum Gasteiger partial charge on any atom is -0.423 e. The molecule has 0 aliphatic carbocycles. The van der Waals surface area contributed by atoms with E-state index < -0.39 is 37.9 Å². The third-order valence-electron chi connectivity index (χ3n) is 5.04. The first kappa shape index (κ1) is 35.1. The molecule has 2 N–H and O–H groups in total. The highest BCUT2D eigenvalue weighted by Crippen LogP contribution is 2.32. The van der Waals surface area contributed by atoms with Gasteiger partial charge in [0.1, 0.15) is 17.2 Å². The van der Waals surface area contributed by atoms with Crippen molar-refractivity contribution in [1.29, 1.82) is 0 Å². The predicted molar refractivity (Wildman–Crippen MR) is 165 cm³/mol. The van der Waals surface area contributed by atoms with Gasteiger partial charge < -0.3 is 29.2 Å². The monoisotopic (exact) mass is 621 g/mol. The van der Waals surface area contributed by atoms with E-state index >= 15 is 0 Å². The molecule has 230 valence electrons. The van der Waals surface area contributed by atoms with Crippen molar-refractivity contribution in [1.82, 2.24) is 0 Å². The third kappa shape index (κ3) is 11.3. The van der Waals surface area contributed by atoms with Gasteiger partial charge in [-0.05, 0) is 72.0 Å². The molecule has 1 unspecified atom stereocenters. The number of nitrogens with two attached hydrogens (primary N) is 1. The molecule has 11 nitrogen and oxygen atoms in total. The van der Waals surface area contributed by atoms with Crippen LogP contribution in [0.15, 0.2) is 90.3 Å². The third-order valence-corrected chi connectivity index (χ3v) is 5.84. The molecule has 0 amide bonds. The zero-order valence-corrected chi connectivity index (χ0v) is 25.8. The molecule has 44 heavy (non-hydrogen) atoms. The summed E-state index contributed by atoms with van der Waals surface area (Å²) < 4.78 is 26.5. The van der Waals surface area contributed by atoms with Crippen molar-refractivity contribution >= 4 is 44.0 Å². The van der Waals surface area contributed by atoms with Crippen LogP contribution in [0.1, 0.15) is 33.3 Å². The summed E-state index contributed by atoms with van der Waals surface area (Å²) in [7, 11) is -1.00. The second-order valence-electron chi connectivity index (χ2n) is 9.48. The Morgan fingerprint density at radius 1 is 0.659 bits per heavy atom. The van der Waals surface area contributed by atoms with E-state index in [1.54, 1.807) is 12.5 Å². The maximum Gasteiger partial charge on any atom is 0.339 e. The fourth-order valence-corrected chi connectivity index (χ4v) is 3.66. The minimum absolute atomic E-state index is 0.0531. The van der Waals surface area contributed by atoms with Crippen LogP contribution in [0.25, 0.3) is 6.08 Å². The molecule has 2 rings (SSSR count). The Balaban J connectivity index is 2.35. The van der Waals surface area contributed by atoms with Gasteiger partial charge in [0.15, 0.2) is 11.5 Å². The summed E-state index contributed by atoms with van der Waals surface area (Å²) in [6.07, 6.45) is 2.41. The highest BCUT2D eigenvalue weighted by atomic mass is 31.1. The summed E-state index contributed by atoms with van der Waals surface area (Å²) in [6.45, 7) is 18.2. The fraction of sp³-hybridized carbons (Fsp3) is 0.156. The van der Waals surface area contributed by atoms with E-state index in [2.05, 4.69) is 19.7 Å². The largest absolute Gasteiger partial charge is 0.423 e. The van der Waals surface area contributed by atoms with Crippen molar-refractivity contribution in [2.45, 2.75) is 27.7 Å². The molecule has 0 spiro atoms. The predicted octanol–water partition coefficient (Wildman–Crippen LogP) is 5.54. The van der Waals surface area contributed by atoms with Crippen molar-refractivity contribution in [3.63, 3.8) is 0 Å². The van der Waals surface area contributed by atoms with E-state index in [0.29, 0.717) is 5.56 Å². The van der Waals surface area contributed by atoms with Crippen LogP contribution in [0.5, 0.6) is 28.7 Å². The number of carbonyl (C=O) groups excluding carboxylic acids is 5. The van der Waals surface area contributed by atoms with E-state index in [1.807, 2.05) is 0 Å². The molecule has 0 aliphatic heterocycles. The lowest BCUT2D eigenvalue weighted by molar-refractivity contribution is -0.132. The van der Waals surface area contributed by atoms with Crippen LogP contribution in [0.2, 0.25) is 0 Å². The summed E-state index contributed by atoms with van der Waals surface area (Å²) in [5.41, 5.74) is 6.75. The molecule has 0 fully saturated rings. The van der Waals surface area contributed by atoms with Crippen LogP contribution >= 0.6 is 8.07 Å². The Morgan fingerprint density at radius 2 is 1.11 bits per heavy atom. The van der Waals surface area contributed by atoms with Gasteiger partial charge in [-0.25, -0.2) is 24.0 Å². The first-order valence-corrected chi connectivity index (χ1v) is 14.7. The quantitative estimate of drug-likeness (QED) is 0.137. The average Bonchev–Trinajstić information content (AvgIpc) is 2.92. The molecule has 1 atom stereocenters. The summed E-state index contributed by atoms with van der Waals surface area (Å²) in [5, 5.41) is 0. The number of hydrogen-bond donors (Lipinski definition) is 1. The summed E-state index contributed by atoms with van der Waals surface area (Å²) in [5.74, 6) is -2.63. The van der Waals surface area contributed by atoms with Crippen LogP contribution < -0.4 is 29.2 Å². The molecule has 0 bridgehead atoms. The van der Waals surface area contributed by atoms with E-state index in [1.165, 1.54) is 70.2 Å². The number of rotatable bonds is 12. The van der Waals surface area contributed by atoms with E-state index in [9.17, 15) is 24.0 Å². The van der Waals surface area contributed by atoms with E-state index in [-0.39, 0.29) is 51.0 Å². The number of hydrogen-bond acceptors (Lipinski definition) is 11. The Morgan fingerprint density at radius 3 is 1.61 bits per heavy atom. The van der Waals surface area contributed by atoms with Gasteiger partial charge in [-0.15, -0.1) is 0 Å². The molecule has 0 aromatic heterocycles. The molecular weight excluding hydrogens is 589 g/mol. The molecule has 2 aromatic rings. The maximum atomic E-state index is 12.7. The summed E-state index contributed by atoms with van der Waals surface area (Å²) in [4.78, 5) is 61.4. The van der Waals surface area contributed by atoms with Gasteiger partial charge in [-0.2, -0.15) is 0 Å². The Bertz CT molecular complexity index is 1600. The molecule has 2 aromatic carbocycles. The van der Waals surface area contributed by atoms with Crippen LogP contribution in [0.3, 0.4) is 0 Å². The molecule has 12 heteroatoms. The van der Waals surface area contributed by atoms with Gasteiger partial charge >= 0.3 is 29.8 Å². The second-order valence-corrected chi connectivity index (χ2v) is 11.1. The Labute approximate surface area is 256 Å². The van der Waals surface area contributed by atoms with Crippen molar-refractivity contribution < 1.29 is 47.7 Å². The first-order valence-electron chi connectivity index (χ1n) is 12.8. The second kappa shape index (κ2) is 15.9. The first-order chi connectivity index (χ1) is 20.5. The van der Waals surface area contributed by atoms with Crippen molar-refractivity contribution in [3.8, 4) is 28.7 Å². The summed E-state index contributed by atoms with van der Waals surface area (Å²) in [6, 6.07) is 8.00. The lowest BCUT2D eigenvalue weighted by Gasteiger charge is -2.12. The van der Waals surface area contributed by atoms with Crippen molar-refractivity contribution in [2.24, 2.45) is 5.50 Å². The fourth-order valence-electron chi connectivity index (χ4n) is 2.94. The molecule has 0 aliphatic rings. The number of esters is 5. The van der Waals surface area contributed by atoms with Gasteiger partial charge in [0.25, 0.3) is 0 Å². The molecular formula is C32H32NO10P. The van der Waals surface area contributed by atoms with Crippen LogP contribution in [0, 0.1) is 0 Å².